The van der Waals surface area contributed by atoms with Crippen molar-refractivity contribution in [3.05, 3.63) is 0 Å². The van der Waals surface area contributed by atoms with Gasteiger partial charge in [0.25, 0.3) is 0 Å². The number of aliphatic hydroxyl groups excluding tert-OH is 1. The quantitative estimate of drug-likeness (QED) is 0.338. The average Bonchev–Trinajstić information content (AvgIpc) is 2.93. The van der Waals surface area contributed by atoms with Gasteiger partial charge in [0.15, 0.2) is 12.1 Å². The van der Waals surface area contributed by atoms with Crippen LogP contribution >= 0.6 is 0 Å². The highest BCUT2D eigenvalue weighted by molar-refractivity contribution is 5.87. The summed E-state index contributed by atoms with van der Waals surface area (Å²) < 4.78 is 5.55. The predicted octanol–water partition coefficient (Wildman–Crippen LogP) is -2.22. The highest BCUT2D eigenvalue weighted by atomic mass is 16.6. The van der Waals surface area contributed by atoms with Gasteiger partial charge in [-0.25, -0.2) is 9.98 Å². The van der Waals surface area contributed by atoms with Crippen molar-refractivity contribution < 1.29 is 25.0 Å². The molecule has 11 heteroatoms. The Bertz CT molecular complexity index is 687. The van der Waals surface area contributed by atoms with Crippen LogP contribution in [-0.4, -0.2) is 85.9 Å². The normalized spacial score (nSPS) is 39.3. The van der Waals surface area contributed by atoms with Crippen molar-refractivity contribution in [3.8, 4) is 0 Å². The van der Waals surface area contributed by atoms with E-state index in [0.29, 0.717) is 5.06 Å². The molecule has 3 heterocycles. The monoisotopic (exact) mass is 370 g/mol. The van der Waals surface area contributed by atoms with E-state index >= 15 is 0 Å². The fourth-order valence-electron chi connectivity index (χ4n) is 3.90. The molecular weight excluding hydrogens is 344 g/mol. The number of rotatable bonds is 2. The molecular formula is C15H26N6O5. The Hall–Kier alpha value is -2.11. The minimum Gasteiger partial charge on any atom is -0.457 e. The van der Waals surface area contributed by atoms with Gasteiger partial charge in [-0.3, -0.25) is 10.0 Å². The van der Waals surface area contributed by atoms with Crippen molar-refractivity contribution in [2.24, 2.45) is 26.9 Å². The number of carbonyl (C=O) groups is 1. The topological polar surface area (TPSA) is 170 Å². The summed E-state index contributed by atoms with van der Waals surface area (Å²) in [6.07, 6.45) is -1.03. The standard InChI is InChI=1S/C15H26N6O5/c1-13(2,3)10(23)26-8-5-20-11(16)18-7(6-22)9-15(20,14(8,4)24)21(25)12(17)19-9/h7-9,22,24-25H,5-6H2,1-4H3,(H2,16,18)(H2,17,19). The number of hydrogen-bond acceptors (Lipinski definition) is 11. The fourth-order valence-corrected chi connectivity index (χ4v) is 3.90. The molecule has 3 rings (SSSR count). The van der Waals surface area contributed by atoms with Crippen LogP contribution in [0, 0.1) is 5.41 Å². The largest absolute Gasteiger partial charge is 0.457 e. The van der Waals surface area contributed by atoms with E-state index in [1.165, 1.54) is 11.8 Å². The van der Waals surface area contributed by atoms with Crippen molar-refractivity contribution in [2.75, 3.05) is 13.2 Å². The lowest BCUT2D eigenvalue weighted by atomic mass is 9.79. The van der Waals surface area contributed by atoms with Crippen LogP contribution in [0.3, 0.4) is 0 Å². The lowest BCUT2D eigenvalue weighted by Crippen LogP contribution is -2.76. The Morgan fingerprint density at radius 2 is 1.96 bits per heavy atom. The van der Waals surface area contributed by atoms with E-state index in [1.54, 1.807) is 20.8 Å². The zero-order chi connectivity index (χ0) is 19.7. The molecule has 7 N–H and O–H groups in total. The number of esters is 1. The minimum atomic E-state index is -1.81. The highest BCUT2D eigenvalue weighted by Crippen LogP contribution is 2.50. The second kappa shape index (κ2) is 5.44. The van der Waals surface area contributed by atoms with Crippen molar-refractivity contribution in [1.29, 1.82) is 0 Å². The molecule has 1 saturated heterocycles. The Labute approximate surface area is 150 Å². The van der Waals surface area contributed by atoms with Crippen molar-refractivity contribution in [3.63, 3.8) is 0 Å². The SMILES string of the molecule is CC(C)(C)C(=O)OC1CN2C(N)=NC(CO)C3N=C(N)N(O)C32C1(C)O. The zero-order valence-corrected chi connectivity index (χ0v) is 15.2. The zero-order valence-electron chi connectivity index (χ0n) is 15.2. The minimum absolute atomic E-state index is 0.0150. The first-order chi connectivity index (χ1) is 11.9. The van der Waals surface area contributed by atoms with Crippen LogP contribution < -0.4 is 11.5 Å². The molecule has 0 aromatic heterocycles. The van der Waals surface area contributed by atoms with Gasteiger partial charge in [-0.2, -0.15) is 5.06 Å². The summed E-state index contributed by atoms with van der Waals surface area (Å²) in [5.41, 5.74) is 7.59. The summed E-state index contributed by atoms with van der Waals surface area (Å²) in [5, 5.41) is 32.4. The smallest absolute Gasteiger partial charge is 0.311 e. The third-order valence-electron chi connectivity index (χ3n) is 5.34. The number of guanidine groups is 2. The van der Waals surface area contributed by atoms with Gasteiger partial charge < -0.3 is 31.3 Å². The van der Waals surface area contributed by atoms with Crippen LogP contribution in [0.4, 0.5) is 0 Å². The van der Waals surface area contributed by atoms with E-state index < -0.39 is 47.4 Å². The van der Waals surface area contributed by atoms with Crippen LogP contribution in [0.25, 0.3) is 0 Å². The van der Waals surface area contributed by atoms with Crippen LogP contribution in [0.5, 0.6) is 0 Å². The summed E-state index contributed by atoms with van der Waals surface area (Å²) in [5.74, 6) is -0.772. The van der Waals surface area contributed by atoms with Crippen LogP contribution in [0.1, 0.15) is 27.7 Å². The van der Waals surface area contributed by atoms with Crippen molar-refractivity contribution >= 4 is 17.9 Å². The first-order valence-electron chi connectivity index (χ1n) is 8.36. The molecule has 1 fully saturated rings. The maximum absolute atomic E-state index is 12.4. The molecule has 5 atom stereocenters. The lowest BCUT2D eigenvalue weighted by Gasteiger charge is -2.51. The molecule has 3 aliphatic heterocycles. The van der Waals surface area contributed by atoms with Gasteiger partial charge >= 0.3 is 5.97 Å². The number of ether oxygens (including phenoxy) is 1. The molecule has 26 heavy (non-hydrogen) atoms. The molecule has 0 bridgehead atoms. The fraction of sp³-hybridized carbons (Fsp3) is 0.800. The number of carbonyl (C=O) groups excluding carboxylic acids is 1. The predicted molar refractivity (Wildman–Crippen MR) is 90.9 cm³/mol. The molecule has 0 amide bonds. The van der Waals surface area contributed by atoms with Gasteiger partial charge in [-0.1, -0.05) is 0 Å². The second-order valence-corrected chi connectivity index (χ2v) is 8.11. The molecule has 11 nitrogen and oxygen atoms in total. The van der Waals surface area contributed by atoms with Gasteiger partial charge in [0.2, 0.25) is 11.6 Å². The maximum atomic E-state index is 12.4. The third kappa shape index (κ3) is 2.14. The van der Waals surface area contributed by atoms with Crippen molar-refractivity contribution in [2.45, 2.75) is 57.1 Å². The Balaban J connectivity index is 2.08. The van der Waals surface area contributed by atoms with E-state index in [0.717, 1.165) is 0 Å². The van der Waals surface area contributed by atoms with Crippen LogP contribution in [0.15, 0.2) is 9.98 Å². The molecule has 0 aromatic carbocycles. The van der Waals surface area contributed by atoms with Gasteiger partial charge in [-0.05, 0) is 27.7 Å². The average molecular weight is 370 g/mol. The molecule has 1 spiro atoms. The first-order valence-corrected chi connectivity index (χ1v) is 8.36. The number of hydrogen-bond donors (Lipinski definition) is 5. The van der Waals surface area contributed by atoms with Crippen LogP contribution in [0.2, 0.25) is 0 Å². The molecule has 3 aliphatic rings. The van der Waals surface area contributed by atoms with E-state index in [9.17, 15) is 20.2 Å². The third-order valence-corrected chi connectivity index (χ3v) is 5.34. The van der Waals surface area contributed by atoms with E-state index in [1.807, 2.05) is 0 Å². The lowest BCUT2D eigenvalue weighted by molar-refractivity contribution is -0.233. The summed E-state index contributed by atoms with van der Waals surface area (Å²) in [4.78, 5) is 22.2. The molecule has 0 aromatic rings. The highest BCUT2D eigenvalue weighted by Gasteiger charge is 2.75. The molecule has 0 saturated carbocycles. The Morgan fingerprint density at radius 1 is 1.35 bits per heavy atom. The first kappa shape index (κ1) is 18.7. The molecule has 0 radical (unpaired) electrons. The van der Waals surface area contributed by atoms with E-state index in [2.05, 4.69) is 9.98 Å². The number of aliphatic imine (C=N–C) groups is 2. The summed E-state index contributed by atoms with van der Waals surface area (Å²) in [6, 6.07) is -1.72. The molecule has 146 valence electrons. The van der Waals surface area contributed by atoms with Gasteiger partial charge in [0, 0.05) is 0 Å². The Kier molecular flexibility index (Phi) is 3.91. The van der Waals surface area contributed by atoms with Gasteiger partial charge in [0.05, 0.1) is 18.6 Å². The van der Waals surface area contributed by atoms with E-state index in [-0.39, 0.29) is 18.5 Å². The summed E-state index contributed by atoms with van der Waals surface area (Å²) in [6.45, 7) is 6.08. The number of hydroxylamine groups is 2. The van der Waals surface area contributed by atoms with Crippen molar-refractivity contribution in [1.82, 2.24) is 9.96 Å². The molecule has 5 unspecified atom stereocenters. The van der Waals surface area contributed by atoms with E-state index in [4.69, 9.17) is 16.2 Å². The second-order valence-electron chi connectivity index (χ2n) is 8.11. The summed E-state index contributed by atoms with van der Waals surface area (Å²) in [7, 11) is 0. The van der Waals surface area contributed by atoms with Crippen LogP contribution in [-0.2, 0) is 9.53 Å². The van der Waals surface area contributed by atoms with Gasteiger partial charge in [0.1, 0.15) is 17.7 Å². The van der Waals surface area contributed by atoms with Gasteiger partial charge in [-0.15, -0.1) is 0 Å². The maximum Gasteiger partial charge on any atom is 0.311 e. The number of nitrogens with zero attached hydrogens (tertiary/aromatic N) is 4. The summed E-state index contributed by atoms with van der Waals surface area (Å²) >= 11 is 0. The Morgan fingerprint density at radius 3 is 2.50 bits per heavy atom. The number of nitrogens with two attached hydrogens (primary N) is 2. The number of aliphatic hydroxyl groups is 2. The molecule has 0 aliphatic carbocycles.